The van der Waals surface area contributed by atoms with Gasteiger partial charge < -0.3 is 25.0 Å². The first-order chi connectivity index (χ1) is 13.9. The van der Waals surface area contributed by atoms with Crippen LogP contribution in [0.3, 0.4) is 0 Å². The first-order valence-electron chi connectivity index (χ1n) is 8.72. The number of carbonyl (C=O) groups excluding carboxylic acids is 1. The molecule has 1 amide bonds. The molecule has 0 heterocycles. The fourth-order valence-corrected chi connectivity index (χ4v) is 4.99. The maximum absolute atomic E-state index is 12.0. The minimum absolute atomic E-state index is 0.0952. The number of phenolic OH excluding ortho intramolecular Hbond substituents is 1. The summed E-state index contributed by atoms with van der Waals surface area (Å²) in [6.07, 6.45) is -0.681. The summed E-state index contributed by atoms with van der Waals surface area (Å²) in [5.41, 5.74) is 0.0167. The van der Waals surface area contributed by atoms with Gasteiger partial charge in [0.1, 0.15) is 23.1 Å². The topological polar surface area (TPSA) is 105 Å². The molecule has 2 aromatic rings. The molecule has 2 aromatic carbocycles. The second-order valence-corrected chi connectivity index (χ2v) is 10.8. The number of amides is 1. The summed E-state index contributed by atoms with van der Waals surface area (Å²) in [6, 6.07) is 7.46. The Bertz CT molecular complexity index is 935. The summed E-state index contributed by atoms with van der Waals surface area (Å²) < 4.78 is 13.4. The first kappa shape index (κ1) is 25.2. The molecule has 0 saturated carbocycles. The molecule has 0 spiro atoms. The molecule has 3 N–H and O–H groups in total. The average Bonchev–Trinajstić information content (AvgIpc) is 2.59. The molecular formula is C20H20I3NO6. The zero-order chi connectivity index (χ0) is 22.6. The number of benzene rings is 2. The van der Waals surface area contributed by atoms with Crippen LogP contribution in [0.1, 0.15) is 26.3 Å². The van der Waals surface area contributed by atoms with Crippen LogP contribution in [0.2, 0.25) is 0 Å². The van der Waals surface area contributed by atoms with E-state index >= 15 is 0 Å². The molecule has 162 valence electrons. The molecule has 2 rings (SSSR count). The lowest BCUT2D eigenvalue weighted by Gasteiger charge is -2.22. The molecule has 10 heteroatoms. The molecule has 1 unspecified atom stereocenters. The van der Waals surface area contributed by atoms with Crippen LogP contribution in [0.25, 0.3) is 0 Å². The largest absolute Gasteiger partial charge is 0.507 e. The number of carbonyl (C=O) groups is 2. The quantitative estimate of drug-likeness (QED) is 0.337. The SMILES string of the molecule is CC(C)(C)OC(=O)NC(Cc1cc(I)c(Oc2ccc(O)c(I)c2)c(I)c1)C(=O)O. The van der Waals surface area contributed by atoms with Gasteiger partial charge in [-0.2, -0.15) is 0 Å². The van der Waals surface area contributed by atoms with E-state index in [-0.39, 0.29) is 12.2 Å². The van der Waals surface area contributed by atoms with Crippen molar-refractivity contribution in [3.63, 3.8) is 0 Å². The molecule has 1 atom stereocenters. The van der Waals surface area contributed by atoms with Crippen LogP contribution in [-0.2, 0) is 16.0 Å². The number of carboxylic acids is 1. The van der Waals surface area contributed by atoms with Crippen molar-refractivity contribution >= 4 is 79.8 Å². The van der Waals surface area contributed by atoms with Crippen LogP contribution in [0.15, 0.2) is 30.3 Å². The van der Waals surface area contributed by atoms with Gasteiger partial charge in [0.05, 0.1) is 10.7 Å². The van der Waals surface area contributed by atoms with Gasteiger partial charge in [0.15, 0.2) is 5.75 Å². The molecule has 0 bridgehead atoms. The summed E-state index contributed by atoms with van der Waals surface area (Å²) in [6.45, 7) is 5.13. The second kappa shape index (κ2) is 10.5. The third-order valence-corrected chi connectivity index (χ3v) is 6.09. The van der Waals surface area contributed by atoms with E-state index < -0.39 is 23.7 Å². The van der Waals surface area contributed by atoms with E-state index in [9.17, 15) is 19.8 Å². The summed E-state index contributed by atoms with van der Waals surface area (Å²) in [5, 5.41) is 21.6. The molecule has 0 aromatic heterocycles. The number of aromatic hydroxyl groups is 1. The number of ether oxygens (including phenoxy) is 2. The fourth-order valence-electron chi connectivity index (χ4n) is 2.38. The van der Waals surface area contributed by atoms with Crippen LogP contribution >= 0.6 is 67.8 Å². The lowest BCUT2D eigenvalue weighted by molar-refractivity contribution is -0.139. The Morgan fingerprint density at radius 2 is 1.67 bits per heavy atom. The van der Waals surface area contributed by atoms with Gasteiger partial charge in [0.2, 0.25) is 0 Å². The van der Waals surface area contributed by atoms with Crippen LogP contribution in [0.4, 0.5) is 4.79 Å². The Kier molecular flexibility index (Phi) is 8.85. The number of aliphatic carboxylic acids is 1. The number of alkyl carbamates (subject to hydrolysis) is 1. The van der Waals surface area contributed by atoms with E-state index in [0.717, 1.165) is 12.7 Å². The molecule has 0 aliphatic carbocycles. The van der Waals surface area contributed by atoms with E-state index in [0.29, 0.717) is 15.1 Å². The van der Waals surface area contributed by atoms with Gasteiger partial charge in [-0.3, -0.25) is 0 Å². The highest BCUT2D eigenvalue weighted by Gasteiger charge is 2.25. The molecule has 0 saturated heterocycles. The highest BCUT2D eigenvalue weighted by molar-refractivity contribution is 14.1. The molecule has 0 aliphatic rings. The van der Waals surface area contributed by atoms with E-state index in [1.54, 1.807) is 39.0 Å². The molecular weight excluding hydrogens is 731 g/mol. The minimum Gasteiger partial charge on any atom is -0.507 e. The number of hydrogen-bond donors (Lipinski definition) is 3. The van der Waals surface area contributed by atoms with Gasteiger partial charge in [-0.1, -0.05) is 0 Å². The predicted molar refractivity (Wildman–Crippen MR) is 137 cm³/mol. The summed E-state index contributed by atoms with van der Waals surface area (Å²) in [4.78, 5) is 23.6. The zero-order valence-corrected chi connectivity index (χ0v) is 22.8. The lowest BCUT2D eigenvalue weighted by Crippen LogP contribution is -2.44. The summed E-state index contributed by atoms with van der Waals surface area (Å²) in [7, 11) is 0. The predicted octanol–water partition coefficient (Wildman–Crippen LogP) is 5.52. The number of carboxylic acid groups (broad SMARTS) is 1. The van der Waals surface area contributed by atoms with Crippen molar-refractivity contribution in [3.8, 4) is 17.2 Å². The van der Waals surface area contributed by atoms with Crippen LogP contribution in [0.5, 0.6) is 17.2 Å². The van der Waals surface area contributed by atoms with Gasteiger partial charge in [0.25, 0.3) is 0 Å². The molecule has 0 fully saturated rings. The summed E-state index contributed by atoms with van der Waals surface area (Å²) >= 11 is 6.26. The van der Waals surface area contributed by atoms with Crippen molar-refractivity contribution in [3.05, 3.63) is 46.6 Å². The maximum Gasteiger partial charge on any atom is 0.408 e. The molecule has 0 radical (unpaired) electrons. The van der Waals surface area contributed by atoms with Gasteiger partial charge in [-0.05, 0) is 124 Å². The zero-order valence-electron chi connectivity index (χ0n) is 16.3. The van der Waals surface area contributed by atoms with E-state index in [1.807, 2.05) is 34.7 Å². The van der Waals surface area contributed by atoms with Crippen LogP contribution in [0, 0.1) is 10.7 Å². The standard InChI is InChI=1S/C20H20I3NO6/c1-20(2,3)30-19(28)24-15(18(26)27)8-10-6-13(22)17(14(23)7-10)29-11-4-5-16(25)12(21)9-11/h4-7,9,15,25H,8H2,1-3H3,(H,24,28)(H,26,27). The van der Waals surface area contributed by atoms with Gasteiger partial charge in [-0.25, -0.2) is 9.59 Å². The number of halogens is 3. The summed E-state index contributed by atoms with van der Waals surface area (Å²) in [5.74, 6) is 0.244. The van der Waals surface area contributed by atoms with Crippen LogP contribution < -0.4 is 10.1 Å². The highest BCUT2D eigenvalue weighted by Crippen LogP contribution is 2.35. The Morgan fingerprint density at radius 3 is 2.17 bits per heavy atom. The van der Waals surface area contributed by atoms with E-state index in [4.69, 9.17) is 9.47 Å². The van der Waals surface area contributed by atoms with Crippen LogP contribution in [-0.4, -0.2) is 33.9 Å². The third kappa shape index (κ3) is 7.59. The second-order valence-electron chi connectivity index (χ2n) is 7.35. The van der Waals surface area contributed by atoms with Gasteiger partial charge in [0, 0.05) is 6.42 Å². The molecule has 7 nitrogen and oxygen atoms in total. The molecule has 30 heavy (non-hydrogen) atoms. The monoisotopic (exact) mass is 751 g/mol. The van der Waals surface area contributed by atoms with Crippen molar-refractivity contribution in [1.29, 1.82) is 0 Å². The Balaban J connectivity index is 2.18. The van der Waals surface area contributed by atoms with E-state index in [2.05, 4.69) is 50.5 Å². The highest BCUT2D eigenvalue weighted by atomic mass is 127. The molecule has 0 aliphatic heterocycles. The lowest BCUT2D eigenvalue weighted by atomic mass is 10.1. The first-order valence-corrected chi connectivity index (χ1v) is 12.0. The van der Waals surface area contributed by atoms with Crippen molar-refractivity contribution < 1.29 is 29.3 Å². The number of phenols is 1. The van der Waals surface area contributed by atoms with Crippen molar-refractivity contribution in [2.75, 3.05) is 0 Å². The van der Waals surface area contributed by atoms with Crippen molar-refractivity contribution in [2.24, 2.45) is 0 Å². The number of rotatable bonds is 6. The number of nitrogens with one attached hydrogen (secondary N) is 1. The Morgan fingerprint density at radius 1 is 1.07 bits per heavy atom. The maximum atomic E-state index is 12.0. The smallest absolute Gasteiger partial charge is 0.408 e. The van der Waals surface area contributed by atoms with Crippen molar-refractivity contribution in [2.45, 2.75) is 38.8 Å². The van der Waals surface area contributed by atoms with Crippen molar-refractivity contribution in [1.82, 2.24) is 5.32 Å². The Labute approximate surface area is 215 Å². The average molecular weight is 751 g/mol. The van der Waals surface area contributed by atoms with Gasteiger partial charge in [-0.15, -0.1) is 0 Å². The number of hydrogen-bond acceptors (Lipinski definition) is 5. The fraction of sp³-hybridized carbons (Fsp3) is 0.300. The van der Waals surface area contributed by atoms with Gasteiger partial charge >= 0.3 is 12.1 Å². The normalized spacial score (nSPS) is 12.2. The Hall–Kier alpha value is -1.03. The third-order valence-electron chi connectivity index (χ3n) is 3.63. The minimum atomic E-state index is -1.15. The van der Waals surface area contributed by atoms with E-state index in [1.165, 1.54) is 0 Å².